The highest BCUT2D eigenvalue weighted by Crippen LogP contribution is 2.39. The molecule has 5 heteroatoms. The maximum absolute atomic E-state index is 12.7. The van der Waals surface area contributed by atoms with Gasteiger partial charge in [-0.1, -0.05) is 47.1 Å². The smallest absolute Gasteiger partial charge is 0.274 e. The Balaban J connectivity index is 1.46. The van der Waals surface area contributed by atoms with Gasteiger partial charge in [0.2, 0.25) is 0 Å². The van der Waals surface area contributed by atoms with Crippen molar-refractivity contribution in [3.63, 3.8) is 0 Å². The summed E-state index contributed by atoms with van der Waals surface area (Å²) in [5.41, 5.74) is 4.23. The number of rotatable bonds is 5. The van der Waals surface area contributed by atoms with E-state index < -0.39 is 0 Å². The van der Waals surface area contributed by atoms with Gasteiger partial charge in [-0.05, 0) is 44.4 Å². The second-order valence-corrected chi connectivity index (χ2v) is 7.03. The molecule has 0 saturated heterocycles. The molecule has 0 bridgehead atoms. The second-order valence-electron chi connectivity index (χ2n) is 7.03. The van der Waals surface area contributed by atoms with Gasteiger partial charge >= 0.3 is 0 Å². The van der Waals surface area contributed by atoms with Crippen LogP contribution in [0.25, 0.3) is 11.3 Å². The molecule has 3 aromatic rings. The van der Waals surface area contributed by atoms with E-state index in [4.69, 9.17) is 9.26 Å². The lowest BCUT2D eigenvalue weighted by atomic mass is 10.0. The molecule has 1 aliphatic rings. The average Bonchev–Trinajstić information content (AvgIpc) is 3.12. The largest absolute Gasteiger partial charge is 0.488 e. The van der Waals surface area contributed by atoms with Crippen molar-refractivity contribution in [3.8, 4) is 17.1 Å². The molecule has 0 radical (unpaired) electrons. The van der Waals surface area contributed by atoms with Crippen LogP contribution in [-0.4, -0.2) is 17.1 Å². The highest BCUT2D eigenvalue weighted by molar-refractivity contribution is 5.95. The molecule has 4 rings (SSSR count). The number of hydrogen-bond donors (Lipinski definition) is 1. The van der Waals surface area contributed by atoms with Crippen LogP contribution in [0.1, 0.15) is 40.5 Å². The van der Waals surface area contributed by atoms with Crippen molar-refractivity contribution in [1.82, 2.24) is 10.5 Å². The first-order valence-electron chi connectivity index (χ1n) is 9.19. The number of nitrogens with zero attached hydrogens (tertiary/aromatic N) is 1. The number of fused-ring (bicyclic) bond motifs is 3. The summed E-state index contributed by atoms with van der Waals surface area (Å²) in [5, 5.41) is 7.05. The predicted molar refractivity (Wildman–Crippen MR) is 103 cm³/mol. The Kier molecular flexibility index (Phi) is 4.67. The molecule has 5 nitrogen and oxygen atoms in total. The molecule has 1 aliphatic heterocycles. The van der Waals surface area contributed by atoms with E-state index in [1.54, 1.807) is 0 Å². The van der Waals surface area contributed by atoms with E-state index >= 15 is 0 Å². The van der Waals surface area contributed by atoms with E-state index in [9.17, 15) is 4.79 Å². The highest BCUT2D eigenvalue weighted by atomic mass is 16.5. The summed E-state index contributed by atoms with van der Waals surface area (Å²) in [6.07, 6.45) is 1.77. The molecule has 27 heavy (non-hydrogen) atoms. The molecule has 0 aliphatic carbocycles. The van der Waals surface area contributed by atoms with E-state index in [0.29, 0.717) is 17.0 Å². The van der Waals surface area contributed by atoms with Gasteiger partial charge in [0.25, 0.3) is 5.91 Å². The van der Waals surface area contributed by atoms with Crippen LogP contribution in [0.15, 0.2) is 53.1 Å². The van der Waals surface area contributed by atoms with Gasteiger partial charge in [-0.25, -0.2) is 0 Å². The van der Waals surface area contributed by atoms with E-state index in [2.05, 4.69) is 22.6 Å². The van der Waals surface area contributed by atoms with Crippen molar-refractivity contribution in [2.75, 3.05) is 0 Å². The van der Waals surface area contributed by atoms with Crippen molar-refractivity contribution in [3.05, 3.63) is 70.9 Å². The summed E-state index contributed by atoms with van der Waals surface area (Å²) in [6, 6.07) is 16.2. The average molecular weight is 362 g/mol. The fourth-order valence-electron chi connectivity index (χ4n) is 3.32. The topological polar surface area (TPSA) is 64.4 Å². The first-order chi connectivity index (χ1) is 13.1. The third-order valence-corrected chi connectivity index (χ3v) is 4.84. The van der Waals surface area contributed by atoms with E-state index in [-0.39, 0.29) is 18.6 Å². The second kappa shape index (κ2) is 7.27. The number of benzene rings is 2. The Hall–Kier alpha value is -3.08. The molecule has 138 valence electrons. The first-order valence-corrected chi connectivity index (χ1v) is 9.19. The molecular weight excluding hydrogens is 340 g/mol. The Morgan fingerprint density at radius 3 is 2.85 bits per heavy atom. The lowest BCUT2D eigenvalue weighted by Crippen LogP contribution is -2.33. The lowest BCUT2D eigenvalue weighted by Gasteiger charge is -2.17. The van der Waals surface area contributed by atoms with Crippen molar-refractivity contribution >= 4 is 5.91 Å². The fourth-order valence-corrected chi connectivity index (χ4v) is 3.32. The predicted octanol–water partition coefficient (Wildman–Crippen LogP) is 4.29. The van der Waals surface area contributed by atoms with Gasteiger partial charge in [-0.2, -0.15) is 0 Å². The minimum absolute atomic E-state index is 0.0316. The van der Waals surface area contributed by atoms with E-state index in [1.807, 2.05) is 50.2 Å². The van der Waals surface area contributed by atoms with Crippen LogP contribution in [0.3, 0.4) is 0 Å². The van der Waals surface area contributed by atoms with Crippen LogP contribution < -0.4 is 10.1 Å². The summed E-state index contributed by atoms with van der Waals surface area (Å²) >= 11 is 0. The van der Waals surface area contributed by atoms with Crippen LogP contribution in [0.4, 0.5) is 0 Å². The summed E-state index contributed by atoms with van der Waals surface area (Å²) in [7, 11) is 0. The van der Waals surface area contributed by atoms with Gasteiger partial charge in [-0.3, -0.25) is 4.79 Å². The first kappa shape index (κ1) is 17.3. The highest BCUT2D eigenvalue weighted by Gasteiger charge is 2.29. The minimum Gasteiger partial charge on any atom is -0.488 e. The molecule has 1 aromatic heterocycles. The number of hydrogen-bond acceptors (Lipinski definition) is 4. The molecule has 1 N–H and O–H groups in total. The van der Waals surface area contributed by atoms with Crippen molar-refractivity contribution in [1.29, 1.82) is 0 Å². The van der Waals surface area contributed by atoms with Gasteiger partial charge in [0.15, 0.2) is 11.5 Å². The molecular formula is C22H22N2O3. The quantitative estimate of drug-likeness (QED) is 0.735. The van der Waals surface area contributed by atoms with E-state index in [1.165, 1.54) is 5.56 Å². The molecule has 2 aromatic carbocycles. The number of amides is 1. The van der Waals surface area contributed by atoms with E-state index in [0.717, 1.165) is 29.7 Å². The molecule has 1 atom stereocenters. The zero-order chi connectivity index (χ0) is 18.8. The normalized spacial score (nSPS) is 13.3. The van der Waals surface area contributed by atoms with Crippen LogP contribution in [0.5, 0.6) is 5.75 Å². The third kappa shape index (κ3) is 3.58. The zero-order valence-corrected chi connectivity index (χ0v) is 15.5. The van der Waals surface area contributed by atoms with Gasteiger partial charge in [0.1, 0.15) is 12.4 Å². The molecule has 0 saturated carbocycles. The van der Waals surface area contributed by atoms with Crippen LogP contribution in [0, 0.1) is 6.92 Å². The monoisotopic (exact) mass is 362 g/mol. The summed E-state index contributed by atoms with van der Waals surface area (Å²) in [6.45, 7) is 4.30. The van der Waals surface area contributed by atoms with Gasteiger partial charge in [0.05, 0.1) is 11.1 Å². The van der Waals surface area contributed by atoms with Crippen LogP contribution in [-0.2, 0) is 13.0 Å². The number of ether oxygens (including phenoxy) is 1. The number of carbonyl (C=O) groups is 1. The fraction of sp³-hybridized carbons (Fsp3) is 0.273. The van der Waals surface area contributed by atoms with Gasteiger partial charge in [0, 0.05) is 6.04 Å². The lowest BCUT2D eigenvalue weighted by molar-refractivity contribution is 0.0927. The standard InChI is InChI=1S/C22H22N2O3/c1-14-8-11-19-17(12-14)21-18(13-26-19)20(24-27-21)22(25)23-15(2)9-10-16-6-4-3-5-7-16/h3-8,11-12,15H,9-10,13H2,1-2H3,(H,23,25). The maximum atomic E-state index is 12.7. The molecule has 0 spiro atoms. The van der Waals surface area contributed by atoms with Crippen LogP contribution >= 0.6 is 0 Å². The summed E-state index contributed by atoms with van der Waals surface area (Å²) < 4.78 is 11.3. The van der Waals surface area contributed by atoms with Crippen molar-refractivity contribution in [2.24, 2.45) is 0 Å². The van der Waals surface area contributed by atoms with Gasteiger partial charge in [-0.15, -0.1) is 0 Å². The number of aryl methyl sites for hydroxylation is 2. The number of aromatic nitrogens is 1. The Labute approximate surface area is 158 Å². The molecule has 1 unspecified atom stereocenters. The van der Waals surface area contributed by atoms with Crippen LogP contribution in [0.2, 0.25) is 0 Å². The SMILES string of the molecule is Cc1ccc2c(c1)-c1onc(C(=O)NC(C)CCc3ccccc3)c1CO2. The Bertz CT molecular complexity index is 963. The van der Waals surface area contributed by atoms with Crippen molar-refractivity contribution in [2.45, 2.75) is 39.3 Å². The Morgan fingerprint density at radius 1 is 1.22 bits per heavy atom. The minimum atomic E-state index is -0.222. The summed E-state index contributed by atoms with van der Waals surface area (Å²) in [4.78, 5) is 12.7. The van der Waals surface area contributed by atoms with Crippen molar-refractivity contribution < 1.29 is 14.1 Å². The van der Waals surface area contributed by atoms with Gasteiger partial charge < -0.3 is 14.6 Å². The zero-order valence-electron chi connectivity index (χ0n) is 15.5. The molecule has 1 amide bonds. The molecule has 2 heterocycles. The molecule has 0 fully saturated rings. The maximum Gasteiger partial charge on any atom is 0.274 e. The summed E-state index contributed by atoms with van der Waals surface area (Å²) in [5.74, 6) is 1.16. The number of carbonyl (C=O) groups excluding carboxylic acids is 1. The third-order valence-electron chi connectivity index (χ3n) is 4.84. The Morgan fingerprint density at radius 2 is 2.04 bits per heavy atom. The number of nitrogens with one attached hydrogen (secondary N) is 1.